The molecule has 7 N–H and O–H groups in total. The van der Waals surface area contributed by atoms with Gasteiger partial charge < -0.3 is 41.8 Å². The van der Waals surface area contributed by atoms with Crippen LogP contribution < -0.4 is 27.0 Å². The van der Waals surface area contributed by atoms with Gasteiger partial charge >= 0.3 is 12.1 Å². The number of amides is 6. The minimum absolute atomic E-state index is 0.104. The maximum absolute atomic E-state index is 13.4. The molecule has 252 valence electrons. The highest BCUT2D eigenvalue weighted by Crippen LogP contribution is 2.27. The first-order valence-corrected chi connectivity index (χ1v) is 18.1. The van der Waals surface area contributed by atoms with Crippen LogP contribution >= 0.6 is 21.6 Å². The number of H-pyrrole nitrogens is 1. The Morgan fingerprint density at radius 2 is 1.57 bits per heavy atom. The number of carbonyl (C=O) groups is 5. The summed E-state index contributed by atoms with van der Waals surface area (Å²) in [5.74, 6) is 0.294. The van der Waals surface area contributed by atoms with E-state index >= 15 is 0 Å². The average Bonchev–Trinajstić information content (AvgIpc) is 3.52. The van der Waals surface area contributed by atoms with Crippen LogP contribution in [-0.2, 0) is 4.79 Å². The largest absolute Gasteiger partial charge is 0.359 e. The molecule has 1 aliphatic heterocycles. The summed E-state index contributed by atoms with van der Waals surface area (Å²) in [5, 5.41) is 11.7. The van der Waals surface area contributed by atoms with Crippen LogP contribution in [0.3, 0.4) is 0 Å². The van der Waals surface area contributed by atoms with E-state index in [0.717, 1.165) is 11.5 Å². The van der Waals surface area contributed by atoms with Crippen molar-refractivity contribution in [3.8, 4) is 0 Å². The first-order chi connectivity index (χ1) is 22.8. The number of rotatable bonds is 15. The van der Waals surface area contributed by atoms with Crippen LogP contribution in [0.15, 0.2) is 54.7 Å². The van der Waals surface area contributed by atoms with E-state index < -0.39 is 17.7 Å². The number of hydrogen-bond donors (Lipinski definition) is 6. The number of unbranched alkanes of at least 4 members (excludes halogenated alkanes) is 1. The van der Waals surface area contributed by atoms with Crippen molar-refractivity contribution in [2.24, 2.45) is 5.73 Å². The summed E-state index contributed by atoms with van der Waals surface area (Å²) in [4.78, 5) is 70.3. The Balaban J connectivity index is 1.21. The quantitative estimate of drug-likeness (QED) is 0.0611. The molecule has 1 saturated heterocycles. The van der Waals surface area contributed by atoms with E-state index in [0.29, 0.717) is 74.3 Å². The normalized spacial score (nSPS) is 14.5. The number of nitrogens with two attached hydrogens (primary N) is 1. The highest BCUT2D eigenvalue weighted by molar-refractivity contribution is 8.76. The summed E-state index contributed by atoms with van der Waals surface area (Å²) >= 11 is 0. The second-order valence-corrected chi connectivity index (χ2v) is 13.6. The van der Waals surface area contributed by atoms with E-state index in [1.54, 1.807) is 56.8 Å². The number of Topliss-reactive ketones (excluding diaryl/α,β-unsaturated/α-hetero) is 1. The van der Waals surface area contributed by atoms with Crippen molar-refractivity contribution >= 4 is 67.8 Å². The first kappa shape index (κ1) is 35.6. The Labute approximate surface area is 281 Å². The topological polar surface area (TPSA) is 182 Å². The molecule has 0 bridgehead atoms. The molecular weight excluding hydrogens is 641 g/mol. The van der Waals surface area contributed by atoms with Gasteiger partial charge in [-0.2, -0.15) is 0 Å². The second kappa shape index (κ2) is 18.2. The fourth-order valence-electron chi connectivity index (χ4n) is 5.15. The lowest BCUT2D eigenvalue weighted by molar-refractivity contribution is -0.130. The second-order valence-electron chi connectivity index (χ2n) is 10.9. The Morgan fingerprint density at radius 1 is 0.872 bits per heavy atom. The highest BCUT2D eigenvalue weighted by Gasteiger charge is 2.34. The van der Waals surface area contributed by atoms with E-state index in [9.17, 15) is 24.0 Å². The van der Waals surface area contributed by atoms with Gasteiger partial charge in [-0.15, -0.1) is 0 Å². The Bertz CT molecular complexity index is 1540. The number of piperazine rings is 1. The molecule has 1 fully saturated rings. The smallest absolute Gasteiger partial charge is 0.319 e. The van der Waals surface area contributed by atoms with Crippen molar-refractivity contribution < 1.29 is 24.0 Å². The fraction of sp³-hybridized carbons (Fsp3) is 0.406. The molecule has 0 radical (unpaired) electrons. The number of hydrogen-bond acceptors (Lipinski definition) is 8. The maximum Gasteiger partial charge on any atom is 0.319 e. The van der Waals surface area contributed by atoms with Crippen LogP contribution in [-0.4, -0.2) is 108 Å². The lowest BCUT2D eigenvalue weighted by atomic mass is 10.1. The zero-order valence-electron chi connectivity index (χ0n) is 26.4. The van der Waals surface area contributed by atoms with Gasteiger partial charge in [0.25, 0.3) is 17.6 Å². The molecule has 1 aromatic heterocycles. The molecule has 47 heavy (non-hydrogen) atoms. The molecule has 1 unspecified atom stereocenters. The monoisotopic (exact) mass is 682 g/mol. The van der Waals surface area contributed by atoms with Crippen LogP contribution in [0.4, 0.5) is 15.3 Å². The third-order valence-electron chi connectivity index (χ3n) is 7.53. The summed E-state index contributed by atoms with van der Waals surface area (Å²) in [6.07, 6.45) is 2.84. The molecule has 13 nitrogen and oxygen atoms in total. The number of benzene rings is 2. The molecule has 3 aromatic rings. The Kier molecular flexibility index (Phi) is 13.8. The van der Waals surface area contributed by atoms with Crippen LogP contribution in [0.5, 0.6) is 0 Å². The standard InChI is InChI=1S/C32H42N8O5S2/c1-22-21-39(29(42)23-8-3-2-4-9-23)16-17-40(22)30(43)28(41)25-20-37-27-24(25)10-7-11-26(27)38-32(45)35-14-6-5-13-34-31(44)36-15-19-47-46-18-12-33/h2-4,7-11,20,22,37H,5-6,12-19,21,33H2,1H3,(H2,34,36,44)(H2,35,38,45). The van der Waals surface area contributed by atoms with Gasteiger partial charge in [0.05, 0.1) is 16.8 Å². The average molecular weight is 683 g/mol. The van der Waals surface area contributed by atoms with E-state index in [-0.39, 0.29) is 30.1 Å². The summed E-state index contributed by atoms with van der Waals surface area (Å²) in [5.41, 5.74) is 7.23. The zero-order chi connectivity index (χ0) is 33.6. The van der Waals surface area contributed by atoms with Gasteiger partial charge in [-0.3, -0.25) is 14.4 Å². The molecule has 0 saturated carbocycles. The van der Waals surface area contributed by atoms with Gasteiger partial charge in [0.15, 0.2) is 0 Å². The number of carbonyl (C=O) groups excluding carboxylic acids is 5. The van der Waals surface area contributed by atoms with Crippen molar-refractivity contribution in [1.82, 2.24) is 30.7 Å². The number of nitrogens with zero attached hydrogens (tertiary/aromatic N) is 2. The van der Waals surface area contributed by atoms with Gasteiger partial charge in [-0.05, 0) is 38.0 Å². The maximum atomic E-state index is 13.4. The number of ketones is 1. The SMILES string of the molecule is CC1CN(C(=O)c2ccccc2)CCN1C(=O)C(=O)c1c[nH]c2c(NC(=O)NCCCCNC(=O)NCCSSCCN)cccc12. The van der Waals surface area contributed by atoms with Crippen LogP contribution in [0.2, 0.25) is 0 Å². The number of aromatic amines is 1. The van der Waals surface area contributed by atoms with Crippen LogP contribution in [0, 0.1) is 0 Å². The van der Waals surface area contributed by atoms with Crippen molar-refractivity contribution in [2.45, 2.75) is 25.8 Å². The molecule has 1 atom stereocenters. The van der Waals surface area contributed by atoms with Crippen molar-refractivity contribution in [2.75, 3.05) is 62.6 Å². The minimum atomic E-state index is -0.657. The predicted molar refractivity (Wildman–Crippen MR) is 188 cm³/mol. The predicted octanol–water partition coefficient (Wildman–Crippen LogP) is 3.26. The first-order valence-electron chi connectivity index (χ1n) is 15.6. The summed E-state index contributed by atoms with van der Waals surface area (Å²) in [6.45, 7) is 4.83. The lowest BCUT2D eigenvalue weighted by Crippen LogP contribution is -2.56. The minimum Gasteiger partial charge on any atom is -0.359 e. The molecule has 4 rings (SSSR count). The highest BCUT2D eigenvalue weighted by atomic mass is 33.1. The molecule has 15 heteroatoms. The molecule has 0 aliphatic carbocycles. The molecular formula is C32H42N8O5S2. The van der Waals surface area contributed by atoms with E-state index in [1.165, 1.54) is 11.1 Å². The van der Waals surface area contributed by atoms with Crippen molar-refractivity contribution in [1.29, 1.82) is 0 Å². The van der Waals surface area contributed by atoms with Crippen LogP contribution in [0.25, 0.3) is 10.9 Å². The van der Waals surface area contributed by atoms with Crippen molar-refractivity contribution in [3.05, 3.63) is 65.9 Å². The Hall–Kier alpha value is -4.21. The number of nitrogens with one attached hydrogen (secondary N) is 5. The van der Waals surface area contributed by atoms with Gasteiger partial charge in [0.1, 0.15) is 0 Å². The van der Waals surface area contributed by atoms with Gasteiger partial charge in [0.2, 0.25) is 0 Å². The number of anilines is 1. The number of urea groups is 2. The van der Waals surface area contributed by atoms with Crippen molar-refractivity contribution in [3.63, 3.8) is 0 Å². The number of fused-ring (bicyclic) bond motifs is 1. The fourth-order valence-corrected chi connectivity index (χ4v) is 6.92. The van der Waals surface area contributed by atoms with Crippen LogP contribution in [0.1, 0.15) is 40.5 Å². The molecule has 1 aliphatic rings. The lowest BCUT2D eigenvalue weighted by Gasteiger charge is -2.39. The third-order valence-corrected chi connectivity index (χ3v) is 9.97. The van der Waals surface area contributed by atoms with E-state index in [4.69, 9.17) is 5.73 Å². The molecule has 6 amide bonds. The van der Waals surface area contributed by atoms with Gasteiger partial charge in [-0.1, -0.05) is 51.9 Å². The van der Waals surface area contributed by atoms with Gasteiger partial charge in [0, 0.05) is 80.5 Å². The Morgan fingerprint density at radius 3 is 2.30 bits per heavy atom. The number of aromatic nitrogens is 1. The third kappa shape index (κ3) is 10.1. The number of para-hydroxylation sites is 1. The van der Waals surface area contributed by atoms with E-state index in [1.807, 2.05) is 25.1 Å². The van der Waals surface area contributed by atoms with E-state index in [2.05, 4.69) is 26.3 Å². The molecule has 2 aromatic carbocycles. The summed E-state index contributed by atoms with van der Waals surface area (Å²) in [6, 6.07) is 13.1. The zero-order valence-corrected chi connectivity index (χ0v) is 28.0. The van der Waals surface area contributed by atoms with Gasteiger partial charge in [-0.25, -0.2) is 9.59 Å². The summed E-state index contributed by atoms with van der Waals surface area (Å²) < 4.78 is 0. The summed E-state index contributed by atoms with van der Waals surface area (Å²) in [7, 11) is 3.36. The molecule has 2 heterocycles. The molecule has 0 spiro atoms.